The molecule has 0 unspecified atom stereocenters. The number of imide groups is 1. The Morgan fingerprint density at radius 2 is 1.95 bits per heavy atom. The Morgan fingerprint density at radius 1 is 1.32 bits per heavy atom. The van der Waals surface area contributed by atoms with Crippen LogP contribution in [0.25, 0.3) is 0 Å². The zero-order valence-corrected chi connectivity index (χ0v) is 11.8. The third-order valence-corrected chi connectivity index (χ3v) is 3.54. The summed E-state index contributed by atoms with van der Waals surface area (Å²) in [5.74, 6) is -2.79. The number of nitro groups is 1. The first-order chi connectivity index (χ1) is 10.4. The van der Waals surface area contributed by atoms with E-state index in [4.69, 9.17) is 0 Å². The number of hydrogen-bond acceptors (Lipinski definition) is 5. The maximum absolute atomic E-state index is 12.3. The fourth-order valence-corrected chi connectivity index (χ4v) is 2.40. The van der Waals surface area contributed by atoms with Gasteiger partial charge in [-0.1, -0.05) is 19.8 Å². The average Bonchev–Trinajstić information content (AvgIpc) is 2.72. The van der Waals surface area contributed by atoms with Gasteiger partial charge in [0.25, 0.3) is 17.5 Å². The summed E-state index contributed by atoms with van der Waals surface area (Å²) < 4.78 is 0. The fraction of sp³-hybridized carbons (Fsp3) is 0.357. The summed E-state index contributed by atoms with van der Waals surface area (Å²) in [5, 5.41) is 20.0. The van der Waals surface area contributed by atoms with E-state index in [9.17, 15) is 29.6 Å². The molecule has 1 aliphatic heterocycles. The van der Waals surface area contributed by atoms with Gasteiger partial charge < -0.3 is 5.11 Å². The van der Waals surface area contributed by atoms with Gasteiger partial charge in [0, 0.05) is 12.1 Å². The Morgan fingerprint density at radius 3 is 2.50 bits per heavy atom. The standard InChI is InChI=1S/C14H14N2O6/c1-2-3-4-11(14(19)20)15-12(17)9-6-5-8(16(21)22)7-10(9)13(15)18/h5-7,11H,2-4H2,1H3,(H,19,20)/t11-/m1/s1. The molecule has 0 aliphatic carbocycles. The predicted octanol–water partition coefficient (Wildman–Crippen LogP) is 1.83. The number of non-ortho nitro benzene ring substituents is 1. The van der Waals surface area contributed by atoms with Crippen molar-refractivity contribution in [2.75, 3.05) is 0 Å². The molecule has 0 fully saturated rings. The van der Waals surface area contributed by atoms with Crippen LogP contribution in [0.5, 0.6) is 0 Å². The number of carbonyl (C=O) groups is 3. The van der Waals surface area contributed by atoms with E-state index in [0.717, 1.165) is 18.6 Å². The second-order valence-corrected chi connectivity index (χ2v) is 4.96. The molecule has 0 radical (unpaired) electrons. The summed E-state index contributed by atoms with van der Waals surface area (Å²) in [4.78, 5) is 46.7. The Balaban J connectivity index is 2.40. The molecule has 0 spiro atoms. The summed E-state index contributed by atoms with van der Waals surface area (Å²) in [6.45, 7) is 1.87. The van der Waals surface area contributed by atoms with Crippen LogP contribution in [0.1, 0.15) is 46.9 Å². The highest BCUT2D eigenvalue weighted by Gasteiger charge is 2.43. The Hall–Kier alpha value is -2.77. The fourth-order valence-electron chi connectivity index (χ4n) is 2.40. The maximum Gasteiger partial charge on any atom is 0.326 e. The van der Waals surface area contributed by atoms with Crippen LogP contribution in [0.4, 0.5) is 5.69 Å². The molecule has 0 saturated carbocycles. The number of carbonyl (C=O) groups excluding carboxylic acids is 2. The molecule has 116 valence electrons. The van der Waals surface area contributed by atoms with E-state index in [1.54, 1.807) is 0 Å². The molecule has 8 heteroatoms. The second kappa shape index (κ2) is 5.92. The van der Waals surface area contributed by atoms with Crippen LogP contribution in [0.3, 0.4) is 0 Å². The van der Waals surface area contributed by atoms with Gasteiger partial charge >= 0.3 is 5.97 Å². The number of hydrogen-bond donors (Lipinski definition) is 1. The quantitative estimate of drug-likeness (QED) is 0.486. The maximum atomic E-state index is 12.3. The van der Waals surface area contributed by atoms with Crippen molar-refractivity contribution in [3.63, 3.8) is 0 Å². The van der Waals surface area contributed by atoms with Gasteiger partial charge in [0.15, 0.2) is 0 Å². The van der Waals surface area contributed by atoms with Crippen LogP contribution in [-0.2, 0) is 4.79 Å². The van der Waals surface area contributed by atoms with E-state index in [2.05, 4.69) is 0 Å². The average molecular weight is 306 g/mol. The summed E-state index contributed by atoms with van der Waals surface area (Å²) in [5.41, 5.74) is -0.442. The monoisotopic (exact) mass is 306 g/mol. The summed E-state index contributed by atoms with van der Waals surface area (Å²) >= 11 is 0. The van der Waals surface area contributed by atoms with Gasteiger partial charge in [-0.15, -0.1) is 0 Å². The zero-order valence-electron chi connectivity index (χ0n) is 11.8. The number of rotatable bonds is 6. The lowest BCUT2D eigenvalue weighted by molar-refractivity contribution is -0.384. The smallest absolute Gasteiger partial charge is 0.326 e. The number of carboxylic acids is 1. The number of nitrogens with zero attached hydrogens (tertiary/aromatic N) is 2. The van der Waals surface area contributed by atoms with Crippen LogP contribution < -0.4 is 0 Å². The first-order valence-electron chi connectivity index (χ1n) is 6.77. The highest BCUT2D eigenvalue weighted by atomic mass is 16.6. The van der Waals surface area contributed by atoms with Gasteiger partial charge in [-0.25, -0.2) is 4.79 Å². The van der Waals surface area contributed by atoms with Crippen LogP contribution in [-0.4, -0.2) is 38.8 Å². The predicted molar refractivity (Wildman–Crippen MR) is 74.5 cm³/mol. The Bertz CT molecular complexity index is 669. The summed E-state index contributed by atoms with van der Waals surface area (Å²) in [6, 6.07) is 2.06. The van der Waals surface area contributed by atoms with Gasteiger partial charge in [0.05, 0.1) is 16.1 Å². The molecule has 0 saturated heterocycles. The summed E-state index contributed by atoms with van der Waals surface area (Å²) in [7, 11) is 0. The van der Waals surface area contributed by atoms with Gasteiger partial charge in [0.1, 0.15) is 6.04 Å². The molecule has 8 nitrogen and oxygen atoms in total. The third kappa shape index (κ3) is 2.54. The molecular weight excluding hydrogens is 292 g/mol. The van der Waals surface area contributed by atoms with Crippen molar-refractivity contribution in [2.45, 2.75) is 32.2 Å². The minimum Gasteiger partial charge on any atom is -0.480 e. The molecule has 2 rings (SSSR count). The van der Waals surface area contributed by atoms with E-state index in [1.165, 1.54) is 6.07 Å². The first-order valence-corrected chi connectivity index (χ1v) is 6.77. The number of carboxylic acid groups (broad SMARTS) is 1. The SMILES string of the molecule is CCCC[C@H](C(=O)O)N1C(=O)c2ccc([N+](=O)[O-])cc2C1=O. The normalized spacial score (nSPS) is 14.9. The minimum absolute atomic E-state index is 0.00153. The highest BCUT2D eigenvalue weighted by molar-refractivity contribution is 6.22. The van der Waals surface area contributed by atoms with Crippen molar-refractivity contribution in [1.82, 2.24) is 4.90 Å². The minimum atomic E-state index is -1.27. The largest absolute Gasteiger partial charge is 0.480 e. The number of unbranched alkanes of at least 4 members (excludes halogenated alkanes) is 1. The second-order valence-electron chi connectivity index (χ2n) is 4.96. The van der Waals surface area contributed by atoms with Crippen molar-refractivity contribution in [3.8, 4) is 0 Å². The van der Waals surface area contributed by atoms with Gasteiger partial charge in [-0.2, -0.15) is 0 Å². The van der Waals surface area contributed by atoms with Crippen molar-refractivity contribution >= 4 is 23.5 Å². The first kappa shape index (κ1) is 15.6. The topological polar surface area (TPSA) is 118 Å². The van der Waals surface area contributed by atoms with Crippen LogP contribution in [0, 0.1) is 10.1 Å². The van der Waals surface area contributed by atoms with Crippen LogP contribution in [0.15, 0.2) is 18.2 Å². The lowest BCUT2D eigenvalue weighted by Gasteiger charge is -2.22. The van der Waals surface area contributed by atoms with Gasteiger partial charge in [-0.3, -0.25) is 24.6 Å². The van der Waals surface area contributed by atoms with Crippen molar-refractivity contribution < 1.29 is 24.4 Å². The molecule has 0 aromatic heterocycles. The molecule has 1 aromatic rings. The number of nitro benzene ring substituents is 1. The van der Waals surface area contributed by atoms with Crippen molar-refractivity contribution in [3.05, 3.63) is 39.4 Å². The van der Waals surface area contributed by atoms with Crippen molar-refractivity contribution in [1.29, 1.82) is 0 Å². The number of benzene rings is 1. The lowest BCUT2D eigenvalue weighted by Crippen LogP contribution is -2.44. The molecule has 1 heterocycles. The van der Waals surface area contributed by atoms with E-state index in [-0.39, 0.29) is 23.2 Å². The molecular formula is C14H14N2O6. The number of aliphatic carboxylic acids is 1. The Labute approximate surface area is 125 Å². The van der Waals surface area contributed by atoms with Gasteiger partial charge in [-0.05, 0) is 12.5 Å². The van der Waals surface area contributed by atoms with Crippen LogP contribution in [0.2, 0.25) is 0 Å². The summed E-state index contributed by atoms with van der Waals surface area (Å²) in [6.07, 6.45) is 1.42. The zero-order chi connectivity index (χ0) is 16.4. The van der Waals surface area contributed by atoms with E-state index in [0.29, 0.717) is 11.3 Å². The van der Waals surface area contributed by atoms with E-state index in [1.807, 2.05) is 6.92 Å². The Kier molecular flexibility index (Phi) is 4.20. The molecule has 1 N–H and O–H groups in total. The molecule has 0 bridgehead atoms. The number of fused-ring (bicyclic) bond motifs is 1. The molecule has 1 aromatic carbocycles. The third-order valence-electron chi connectivity index (χ3n) is 3.54. The molecule has 1 atom stereocenters. The number of amides is 2. The van der Waals surface area contributed by atoms with E-state index < -0.39 is 28.7 Å². The molecule has 1 aliphatic rings. The van der Waals surface area contributed by atoms with Crippen molar-refractivity contribution in [2.24, 2.45) is 0 Å². The molecule has 22 heavy (non-hydrogen) atoms. The van der Waals surface area contributed by atoms with E-state index >= 15 is 0 Å². The van der Waals surface area contributed by atoms with Crippen LogP contribution >= 0.6 is 0 Å². The highest BCUT2D eigenvalue weighted by Crippen LogP contribution is 2.29. The molecule has 2 amide bonds. The van der Waals surface area contributed by atoms with Gasteiger partial charge in [0.2, 0.25) is 0 Å². The lowest BCUT2D eigenvalue weighted by atomic mass is 10.1.